The summed E-state index contributed by atoms with van der Waals surface area (Å²) in [6, 6.07) is -0.0616. The molecule has 2 N–H and O–H groups in total. The van der Waals surface area contributed by atoms with Gasteiger partial charge in [-0.2, -0.15) is 0 Å². The Morgan fingerprint density at radius 3 is 2.79 bits per heavy atom. The van der Waals surface area contributed by atoms with Crippen LogP contribution >= 0.6 is 0 Å². The van der Waals surface area contributed by atoms with Crippen molar-refractivity contribution in [2.24, 2.45) is 5.73 Å². The maximum atomic E-state index is 11.7. The quantitative estimate of drug-likeness (QED) is 0.700. The van der Waals surface area contributed by atoms with E-state index in [1.54, 1.807) is 0 Å². The molecular formula is C10H20N2O2. The Kier molecular flexibility index (Phi) is 3.50. The van der Waals surface area contributed by atoms with E-state index in [1.165, 1.54) is 0 Å². The van der Waals surface area contributed by atoms with Crippen LogP contribution in [0.3, 0.4) is 0 Å². The summed E-state index contributed by atoms with van der Waals surface area (Å²) in [5.41, 5.74) is 5.37. The van der Waals surface area contributed by atoms with E-state index < -0.39 is 0 Å². The second kappa shape index (κ2) is 4.28. The fourth-order valence-corrected chi connectivity index (χ4v) is 1.63. The number of hydrogen-bond acceptors (Lipinski definition) is 3. The van der Waals surface area contributed by atoms with Crippen LogP contribution in [0, 0.1) is 0 Å². The van der Waals surface area contributed by atoms with Crippen LogP contribution < -0.4 is 5.73 Å². The van der Waals surface area contributed by atoms with E-state index in [0.717, 1.165) is 0 Å². The fourth-order valence-electron chi connectivity index (χ4n) is 1.63. The number of hydrogen-bond donors (Lipinski definition) is 1. The van der Waals surface area contributed by atoms with Crippen LogP contribution in [0.4, 0.5) is 0 Å². The van der Waals surface area contributed by atoms with Gasteiger partial charge in [-0.3, -0.25) is 4.79 Å². The van der Waals surface area contributed by atoms with Crippen LogP contribution in [-0.4, -0.2) is 42.1 Å². The number of nitrogens with zero attached hydrogens (tertiary/aromatic N) is 1. The topological polar surface area (TPSA) is 55.6 Å². The van der Waals surface area contributed by atoms with Gasteiger partial charge in [0.05, 0.1) is 12.2 Å². The van der Waals surface area contributed by atoms with Gasteiger partial charge in [0.15, 0.2) is 0 Å². The third-order valence-corrected chi connectivity index (χ3v) is 2.27. The van der Waals surface area contributed by atoms with Gasteiger partial charge in [0.1, 0.15) is 0 Å². The van der Waals surface area contributed by atoms with Gasteiger partial charge in [0.25, 0.3) is 0 Å². The van der Waals surface area contributed by atoms with Crippen LogP contribution in [0.5, 0.6) is 0 Å². The molecule has 0 aromatic rings. The maximum Gasteiger partial charge on any atom is 0.224 e. The van der Waals surface area contributed by atoms with Crippen molar-refractivity contribution in [3.8, 4) is 0 Å². The largest absolute Gasteiger partial charge is 0.372 e. The van der Waals surface area contributed by atoms with E-state index in [1.807, 2.05) is 25.7 Å². The summed E-state index contributed by atoms with van der Waals surface area (Å²) in [7, 11) is 0. The highest BCUT2D eigenvalue weighted by Crippen LogP contribution is 2.17. The predicted octanol–water partition coefficient (Wildman–Crippen LogP) is 0.361. The standard InChI is InChI=1S/C10H20N2O2/c1-8(11)6-9(13)12-4-5-14-10(2,3)7-12/h8H,4-7,11H2,1-3H3. The van der Waals surface area contributed by atoms with Crippen molar-refractivity contribution in [1.82, 2.24) is 4.90 Å². The highest BCUT2D eigenvalue weighted by atomic mass is 16.5. The van der Waals surface area contributed by atoms with Gasteiger partial charge in [-0.25, -0.2) is 0 Å². The fraction of sp³-hybridized carbons (Fsp3) is 0.900. The van der Waals surface area contributed by atoms with Gasteiger partial charge < -0.3 is 15.4 Å². The molecule has 4 nitrogen and oxygen atoms in total. The molecule has 0 aromatic carbocycles. The van der Waals surface area contributed by atoms with Gasteiger partial charge in [-0.1, -0.05) is 0 Å². The third-order valence-electron chi connectivity index (χ3n) is 2.27. The summed E-state index contributed by atoms with van der Waals surface area (Å²) in [4.78, 5) is 13.5. The smallest absolute Gasteiger partial charge is 0.224 e. The molecule has 1 fully saturated rings. The molecule has 0 bridgehead atoms. The Hall–Kier alpha value is -0.610. The third kappa shape index (κ3) is 3.27. The van der Waals surface area contributed by atoms with Gasteiger partial charge in [0, 0.05) is 25.6 Å². The van der Waals surface area contributed by atoms with Crippen molar-refractivity contribution < 1.29 is 9.53 Å². The second-order valence-electron chi connectivity index (χ2n) is 4.60. The van der Waals surface area contributed by atoms with Crippen molar-refractivity contribution in [2.75, 3.05) is 19.7 Å². The molecule has 1 aliphatic heterocycles. The first-order valence-electron chi connectivity index (χ1n) is 5.08. The minimum absolute atomic E-state index is 0.0616. The number of amides is 1. The molecule has 0 aliphatic carbocycles. The van der Waals surface area contributed by atoms with Crippen LogP contribution in [-0.2, 0) is 9.53 Å². The number of ether oxygens (including phenoxy) is 1. The summed E-state index contributed by atoms with van der Waals surface area (Å²) in [5, 5.41) is 0. The zero-order valence-corrected chi connectivity index (χ0v) is 9.25. The molecular weight excluding hydrogens is 180 g/mol. The molecule has 1 saturated heterocycles. The van der Waals surface area contributed by atoms with E-state index in [4.69, 9.17) is 10.5 Å². The van der Waals surface area contributed by atoms with Gasteiger partial charge in [-0.05, 0) is 20.8 Å². The zero-order valence-electron chi connectivity index (χ0n) is 9.25. The molecule has 0 spiro atoms. The average molecular weight is 200 g/mol. The molecule has 0 radical (unpaired) electrons. The number of carbonyl (C=O) groups is 1. The van der Waals surface area contributed by atoms with Crippen molar-refractivity contribution in [2.45, 2.75) is 38.8 Å². The molecule has 1 aliphatic rings. The van der Waals surface area contributed by atoms with E-state index in [0.29, 0.717) is 26.1 Å². The first-order valence-corrected chi connectivity index (χ1v) is 5.08. The van der Waals surface area contributed by atoms with Gasteiger partial charge in [-0.15, -0.1) is 0 Å². The highest BCUT2D eigenvalue weighted by molar-refractivity contribution is 5.76. The monoisotopic (exact) mass is 200 g/mol. The van der Waals surface area contributed by atoms with Crippen molar-refractivity contribution in [3.05, 3.63) is 0 Å². The number of carbonyl (C=O) groups excluding carboxylic acids is 1. The number of nitrogens with two attached hydrogens (primary N) is 1. The van der Waals surface area contributed by atoms with Crippen LogP contribution in [0.15, 0.2) is 0 Å². The minimum atomic E-state index is -0.217. The van der Waals surface area contributed by atoms with Crippen LogP contribution in [0.25, 0.3) is 0 Å². The summed E-state index contributed by atoms with van der Waals surface area (Å²) in [6.07, 6.45) is 0.427. The molecule has 0 saturated carbocycles. The van der Waals surface area contributed by atoms with Crippen molar-refractivity contribution >= 4 is 5.91 Å². The SMILES string of the molecule is CC(N)CC(=O)N1CCOC(C)(C)C1. The van der Waals surface area contributed by atoms with Crippen molar-refractivity contribution in [3.63, 3.8) is 0 Å². The Labute approximate surface area is 85.4 Å². The van der Waals surface area contributed by atoms with Crippen LogP contribution in [0.2, 0.25) is 0 Å². The van der Waals surface area contributed by atoms with E-state index in [9.17, 15) is 4.79 Å². The molecule has 1 heterocycles. The molecule has 1 atom stereocenters. The molecule has 4 heteroatoms. The molecule has 14 heavy (non-hydrogen) atoms. The summed E-state index contributed by atoms with van der Waals surface area (Å²) in [5.74, 6) is 0.136. The first-order chi connectivity index (χ1) is 6.41. The first kappa shape index (κ1) is 11.5. The van der Waals surface area contributed by atoms with E-state index in [2.05, 4.69) is 0 Å². The molecule has 1 amide bonds. The van der Waals surface area contributed by atoms with Gasteiger partial charge in [0.2, 0.25) is 5.91 Å². The Morgan fingerprint density at radius 1 is 1.64 bits per heavy atom. The highest BCUT2D eigenvalue weighted by Gasteiger charge is 2.29. The lowest BCUT2D eigenvalue weighted by Crippen LogP contribution is -2.51. The zero-order chi connectivity index (χ0) is 10.8. The average Bonchev–Trinajstić information content (AvgIpc) is 2.01. The summed E-state index contributed by atoms with van der Waals surface area (Å²) in [6.45, 7) is 7.82. The normalized spacial score (nSPS) is 23.3. The van der Waals surface area contributed by atoms with Crippen molar-refractivity contribution in [1.29, 1.82) is 0 Å². The van der Waals surface area contributed by atoms with E-state index >= 15 is 0 Å². The Balaban J connectivity index is 2.48. The molecule has 1 unspecified atom stereocenters. The Bertz CT molecular complexity index is 214. The summed E-state index contributed by atoms with van der Waals surface area (Å²) < 4.78 is 5.53. The number of rotatable bonds is 2. The lowest BCUT2D eigenvalue weighted by Gasteiger charge is -2.38. The lowest BCUT2D eigenvalue weighted by molar-refractivity contribution is -0.146. The van der Waals surface area contributed by atoms with E-state index in [-0.39, 0.29) is 17.6 Å². The number of morpholine rings is 1. The lowest BCUT2D eigenvalue weighted by atomic mass is 10.1. The minimum Gasteiger partial charge on any atom is -0.372 e. The summed E-state index contributed by atoms with van der Waals surface area (Å²) >= 11 is 0. The molecule has 82 valence electrons. The van der Waals surface area contributed by atoms with Crippen LogP contribution in [0.1, 0.15) is 27.2 Å². The van der Waals surface area contributed by atoms with Gasteiger partial charge >= 0.3 is 0 Å². The second-order valence-corrected chi connectivity index (χ2v) is 4.60. The predicted molar refractivity (Wildman–Crippen MR) is 54.9 cm³/mol. The molecule has 1 rings (SSSR count). The maximum absolute atomic E-state index is 11.7. The Morgan fingerprint density at radius 2 is 2.29 bits per heavy atom. The molecule has 0 aromatic heterocycles.